The Balaban J connectivity index is 2.02. The van der Waals surface area contributed by atoms with Crippen LogP contribution in [0.2, 0.25) is 0 Å². The van der Waals surface area contributed by atoms with Crippen LogP contribution in [-0.4, -0.2) is 50.0 Å². The first-order chi connectivity index (χ1) is 7.03. The normalized spacial score (nSPS) is 41.1. The molecule has 0 radical (unpaired) electrons. The highest BCUT2D eigenvalue weighted by Gasteiger charge is 2.39. The molecule has 0 aromatic carbocycles. The van der Waals surface area contributed by atoms with Crippen LogP contribution in [0.25, 0.3) is 0 Å². The number of hydrogen-bond acceptors (Lipinski definition) is 4. The highest BCUT2D eigenvalue weighted by molar-refractivity contribution is 7.91. The molecule has 0 amide bonds. The van der Waals surface area contributed by atoms with Gasteiger partial charge in [-0.2, -0.15) is 0 Å². The Morgan fingerprint density at radius 3 is 2.60 bits per heavy atom. The van der Waals surface area contributed by atoms with Crippen LogP contribution in [0, 0.1) is 5.92 Å². The smallest absolute Gasteiger partial charge is 0.151 e. The molecule has 2 saturated heterocycles. The van der Waals surface area contributed by atoms with E-state index in [9.17, 15) is 8.42 Å². The predicted octanol–water partition coefficient (Wildman–Crippen LogP) is -0.157. The Morgan fingerprint density at radius 1 is 1.40 bits per heavy atom. The summed E-state index contributed by atoms with van der Waals surface area (Å²) in [6.07, 6.45) is 1.93. The quantitative estimate of drug-likeness (QED) is 0.719. The maximum atomic E-state index is 11.4. The van der Waals surface area contributed by atoms with Gasteiger partial charge in [-0.15, -0.1) is 0 Å². The van der Waals surface area contributed by atoms with Crippen LogP contribution in [0.5, 0.6) is 0 Å². The summed E-state index contributed by atoms with van der Waals surface area (Å²) < 4.78 is 22.8. The number of nitrogens with two attached hydrogens (primary N) is 1. The van der Waals surface area contributed by atoms with E-state index in [-0.39, 0.29) is 6.04 Å². The second kappa shape index (κ2) is 4.03. The summed E-state index contributed by atoms with van der Waals surface area (Å²) in [5.74, 6) is 1.27. The summed E-state index contributed by atoms with van der Waals surface area (Å²) >= 11 is 0. The lowest BCUT2D eigenvalue weighted by molar-refractivity contribution is 0.188. The van der Waals surface area contributed by atoms with Gasteiger partial charge < -0.3 is 5.73 Å². The van der Waals surface area contributed by atoms with Gasteiger partial charge in [-0.3, -0.25) is 4.90 Å². The van der Waals surface area contributed by atoms with Crippen LogP contribution >= 0.6 is 0 Å². The molecule has 2 fully saturated rings. The number of rotatable bonds is 2. The van der Waals surface area contributed by atoms with Crippen LogP contribution in [0.4, 0.5) is 0 Å². The molecule has 0 aliphatic carbocycles. The number of sulfone groups is 1. The van der Waals surface area contributed by atoms with Crippen molar-refractivity contribution in [3.05, 3.63) is 0 Å². The Hall–Kier alpha value is -0.130. The third-order valence-corrected chi connectivity index (χ3v) is 5.69. The molecule has 3 unspecified atom stereocenters. The maximum absolute atomic E-state index is 11.4. The van der Waals surface area contributed by atoms with Crippen molar-refractivity contribution < 1.29 is 8.42 Å². The van der Waals surface area contributed by atoms with Gasteiger partial charge in [0.1, 0.15) is 0 Å². The van der Waals surface area contributed by atoms with E-state index in [2.05, 4.69) is 11.8 Å². The van der Waals surface area contributed by atoms with Gasteiger partial charge in [-0.25, -0.2) is 8.42 Å². The molecule has 2 heterocycles. The average Bonchev–Trinajstić information content (AvgIpc) is 2.69. The van der Waals surface area contributed by atoms with E-state index < -0.39 is 9.84 Å². The van der Waals surface area contributed by atoms with Gasteiger partial charge in [0.25, 0.3) is 0 Å². The predicted molar refractivity (Wildman–Crippen MR) is 60.4 cm³/mol. The standard InChI is InChI=1S/C10H20N2O2S/c1-8-9(6-11)2-4-12(8)10-3-5-15(13,14)7-10/h8-10H,2-7,11H2,1H3. The fourth-order valence-electron chi connectivity index (χ4n) is 2.90. The van der Waals surface area contributed by atoms with E-state index >= 15 is 0 Å². The van der Waals surface area contributed by atoms with E-state index in [1.165, 1.54) is 0 Å². The van der Waals surface area contributed by atoms with E-state index in [1.807, 2.05) is 0 Å². The Morgan fingerprint density at radius 2 is 2.13 bits per heavy atom. The van der Waals surface area contributed by atoms with Gasteiger partial charge in [-0.05, 0) is 38.8 Å². The molecule has 0 aromatic rings. The first kappa shape index (κ1) is 11.4. The minimum atomic E-state index is -2.75. The van der Waals surface area contributed by atoms with Crippen molar-refractivity contribution >= 4 is 9.84 Å². The largest absolute Gasteiger partial charge is 0.330 e. The first-order valence-corrected chi connectivity index (χ1v) is 7.52. The van der Waals surface area contributed by atoms with Crippen molar-refractivity contribution in [3.63, 3.8) is 0 Å². The molecule has 15 heavy (non-hydrogen) atoms. The molecule has 3 atom stereocenters. The molecule has 88 valence electrons. The van der Waals surface area contributed by atoms with Gasteiger partial charge in [0.15, 0.2) is 9.84 Å². The third-order valence-electron chi connectivity index (χ3n) is 3.94. The summed E-state index contributed by atoms with van der Waals surface area (Å²) in [5, 5.41) is 0. The minimum absolute atomic E-state index is 0.251. The molecule has 2 rings (SSSR count). The lowest BCUT2D eigenvalue weighted by Crippen LogP contribution is -2.41. The van der Waals surface area contributed by atoms with Crippen LogP contribution in [0.15, 0.2) is 0 Å². The Bertz CT molecular complexity index is 328. The van der Waals surface area contributed by atoms with Crippen molar-refractivity contribution in [2.75, 3.05) is 24.6 Å². The van der Waals surface area contributed by atoms with E-state index in [0.717, 1.165) is 25.9 Å². The number of hydrogen-bond donors (Lipinski definition) is 1. The zero-order valence-electron chi connectivity index (χ0n) is 9.22. The Kier molecular flexibility index (Phi) is 3.05. The Labute approximate surface area is 91.7 Å². The summed E-state index contributed by atoms with van der Waals surface area (Å²) in [4.78, 5) is 2.35. The third kappa shape index (κ3) is 2.19. The van der Waals surface area contributed by atoms with E-state index in [1.54, 1.807) is 0 Å². The van der Waals surface area contributed by atoms with Crippen molar-refractivity contribution in [1.29, 1.82) is 0 Å². The molecule has 2 aliphatic heterocycles. The van der Waals surface area contributed by atoms with E-state index in [4.69, 9.17) is 5.73 Å². The summed E-state index contributed by atoms with van der Waals surface area (Å²) in [6.45, 7) is 3.91. The zero-order valence-corrected chi connectivity index (χ0v) is 10.0. The van der Waals surface area contributed by atoms with Gasteiger partial charge >= 0.3 is 0 Å². The fraction of sp³-hybridized carbons (Fsp3) is 1.00. The van der Waals surface area contributed by atoms with Gasteiger partial charge in [0, 0.05) is 12.1 Å². The topological polar surface area (TPSA) is 63.4 Å². The first-order valence-electron chi connectivity index (χ1n) is 5.70. The lowest BCUT2D eigenvalue weighted by atomic mass is 10.0. The van der Waals surface area contributed by atoms with Gasteiger partial charge in [0.05, 0.1) is 11.5 Å². The van der Waals surface area contributed by atoms with Crippen molar-refractivity contribution in [2.24, 2.45) is 11.7 Å². The molecule has 0 spiro atoms. The average molecular weight is 232 g/mol. The maximum Gasteiger partial charge on any atom is 0.151 e. The molecule has 5 heteroatoms. The second-order valence-corrected chi connectivity index (χ2v) is 7.05. The zero-order chi connectivity index (χ0) is 11.1. The minimum Gasteiger partial charge on any atom is -0.330 e. The van der Waals surface area contributed by atoms with E-state index in [0.29, 0.717) is 23.5 Å². The molecular weight excluding hydrogens is 212 g/mol. The van der Waals surface area contributed by atoms with Gasteiger partial charge in [0.2, 0.25) is 0 Å². The molecule has 0 saturated carbocycles. The lowest BCUT2D eigenvalue weighted by Gasteiger charge is -2.29. The van der Waals surface area contributed by atoms with Crippen molar-refractivity contribution in [3.8, 4) is 0 Å². The van der Waals surface area contributed by atoms with Crippen LogP contribution < -0.4 is 5.73 Å². The van der Waals surface area contributed by atoms with Gasteiger partial charge in [-0.1, -0.05) is 0 Å². The van der Waals surface area contributed by atoms with Crippen LogP contribution in [0.1, 0.15) is 19.8 Å². The monoisotopic (exact) mass is 232 g/mol. The molecule has 2 N–H and O–H groups in total. The molecular formula is C10H20N2O2S. The molecule has 0 bridgehead atoms. The second-order valence-electron chi connectivity index (χ2n) is 4.82. The molecule has 4 nitrogen and oxygen atoms in total. The summed E-state index contributed by atoms with van der Waals surface area (Å²) in [5.41, 5.74) is 5.69. The fourth-order valence-corrected chi connectivity index (χ4v) is 4.64. The van der Waals surface area contributed by atoms with Crippen molar-refractivity contribution in [1.82, 2.24) is 4.90 Å². The van der Waals surface area contributed by atoms with Crippen molar-refractivity contribution in [2.45, 2.75) is 31.8 Å². The van der Waals surface area contributed by atoms with Crippen LogP contribution in [-0.2, 0) is 9.84 Å². The highest BCUT2D eigenvalue weighted by atomic mass is 32.2. The molecule has 2 aliphatic rings. The SMILES string of the molecule is CC1C(CN)CCN1C1CCS(=O)(=O)C1. The molecule has 0 aromatic heterocycles. The number of nitrogens with zero attached hydrogens (tertiary/aromatic N) is 1. The summed E-state index contributed by atoms with van der Waals surface area (Å²) in [7, 11) is -2.75. The van der Waals surface area contributed by atoms with Crippen LogP contribution in [0.3, 0.4) is 0 Å². The highest BCUT2D eigenvalue weighted by Crippen LogP contribution is 2.29. The number of likely N-dealkylation sites (tertiary alicyclic amines) is 1. The summed E-state index contributed by atoms with van der Waals surface area (Å²) in [6, 6.07) is 0.704.